The summed E-state index contributed by atoms with van der Waals surface area (Å²) in [6, 6.07) is 1.16. The van der Waals surface area contributed by atoms with Crippen LogP contribution in [0, 0.1) is 12.0 Å². The summed E-state index contributed by atoms with van der Waals surface area (Å²) in [6.07, 6.45) is 2.26. The topological polar surface area (TPSA) is 12.4 Å². The molecule has 0 saturated heterocycles. The summed E-state index contributed by atoms with van der Waals surface area (Å²) in [5, 5.41) is 0. The Labute approximate surface area is 62.9 Å². The predicted octanol–water partition coefficient (Wildman–Crippen LogP) is 2.60. The first-order valence-electron chi connectivity index (χ1n) is 3.69. The average molecular weight is 136 g/mol. The summed E-state index contributed by atoms with van der Waals surface area (Å²) >= 11 is 0. The van der Waals surface area contributed by atoms with Gasteiger partial charge in [0.1, 0.15) is 6.04 Å². The fourth-order valence-electron chi connectivity index (χ4n) is 1.07. The van der Waals surface area contributed by atoms with Crippen molar-refractivity contribution >= 4 is 5.71 Å². The minimum Gasteiger partial charge on any atom is -0.280 e. The van der Waals surface area contributed by atoms with Crippen LogP contribution in [0.1, 0.15) is 27.7 Å². The zero-order valence-electron chi connectivity index (χ0n) is 7.10. The normalized spacial score (nSPS) is 27.8. The second-order valence-electron chi connectivity index (χ2n) is 2.98. The molecule has 10 heavy (non-hydrogen) atoms. The van der Waals surface area contributed by atoms with Crippen molar-refractivity contribution in [3.63, 3.8) is 0 Å². The van der Waals surface area contributed by atoms with Crippen LogP contribution >= 0.6 is 0 Å². The number of nitrogens with zero attached hydrogens (tertiary/aromatic N) is 1. The maximum absolute atomic E-state index is 4.41. The second-order valence-corrected chi connectivity index (χ2v) is 2.98. The van der Waals surface area contributed by atoms with Crippen molar-refractivity contribution in [3.8, 4) is 0 Å². The van der Waals surface area contributed by atoms with Gasteiger partial charge in [-0.25, -0.2) is 0 Å². The summed E-state index contributed by atoms with van der Waals surface area (Å²) in [6.45, 7) is 8.43. The van der Waals surface area contributed by atoms with E-state index in [-0.39, 0.29) is 0 Å². The summed E-state index contributed by atoms with van der Waals surface area (Å²) in [5.74, 6) is 0.531. The molecule has 0 saturated carbocycles. The maximum Gasteiger partial charge on any atom is 0.107 e. The van der Waals surface area contributed by atoms with Crippen LogP contribution in [0.3, 0.4) is 0 Å². The first-order valence-corrected chi connectivity index (χ1v) is 3.69. The molecule has 1 heteroatoms. The highest BCUT2D eigenvalue weighted by Crippen LogP contribution is 2.22. The molecule has 0 aromatic rings. The van der Waals surface area contributed by atoms with Crippen molar-refractivity contribution in [1.82, 2.24) is 0 Å². The monoisotopic (exact) mass is 136 g/mol. The van der Waals surface area contributed by atoms with E-state index in [0.717, 1.165) is 6.04 Å². The Hall–Kier alpha value is -0.590. The highest BCUT2D eigenvalue weighted by Gasteiger charge is 2.13. The lowest BCUT2D eigenvalue weighted by molar-refractivity contribution is 0.891. The van der Waals surface area contributed by atoms with Gasteiger partial charge in [0.15, 0.2) is 0 Å². The van der Waals surface area contributed by atoms with Gasteiger partial charge in [-0.2, -0.15) is 0 Å². The van der Waals surface area contributed by atoms with E-state index in [1.54, 1.807) is 0 Å². The van der Waals surface area contributed by atoms with Crippen LogP contribution < -0.4 is 0 Å². The summed E-state index contributed by atoms with van der Waals surface area (Å²) in [5.41, 5.74) is 2.54. The van der Waals surface area contributed by atoms with Crippen LogP contribution in [0.15, 0.2) is 16.6 Å². The number of hydrogen-bond donors (Lipinski definition) is 0. The molecule has 1 rings (SSSR count). The maximum atomic E-state index is 4.41. The fourth-order valence-corrected chi connectivity index (χ4v) is 1.07. The van der Waals surface area contributed by atoms with Gasteiger partial charge in [-0.05, 0) is 26.3 Å². The molecule has 1 heterocycles. The molecule has 1 aliphatic rings. The first kappa shape index (κ1) is 7.52. The van der Waals surface area contributed by atoms with E-state index in [0.29, 0.717) is 5.92 Å². The highest BCUT2D eigenvalue weighted by atomic mass is 14.8. The Balaban J connectivity index is 2.81. The van der Waals surface area contributed by atoms with Crippen LogP contribution in [0.2, 0.25) is 0 Å². The number of rotatable bonds is 0. The van der Waals surface area contributed by atoms with Crippen LogP contribution in [0.25, 0.3) is 0 Å². The Bertz CT molecular complexity index is 167. The quantitative estimate of drug-likeness (QED) is 0.485. The van der Waals surface area contributed by atoms with E-state index in [1.807, 2.05) is 0 Å². The Morgan fingerprint density at radius 2 is 1.90 bits per heavy atom. The molecule has 1 radical (unpaired) electrons. The average Bonchev–Trinajstić information content (AvgIpc) is 1.84. The molecule has 1 atom stereocenters. The number of aliphatic imine (C=N–C) groups is 1. The third kappa shape index (κ3) is 1.28. The number of hydrogen-bond acceptors (Lipinski definition) is 1. The van der Waals surface area contributed by atoms with Crippen molar-refractivity contribution < 1.29 is 0 Å². The lowest BCUT2D eigenvalue weighted by atomic mass is 9.97. The zero-order chi connectivity index (χ0) is 7.72. The molecule has 1 nitrogen and oxygen atoms in total. The van der Waals surface area contributed by atoms with Gasteiger partial charge >= 0.3 is 0 Å². The van der Waals surface area contributed by atoms with Gasteiger partial charge in [-0.1, -0.05) is 13.0 Å². The van der Waals surface area contributed by atoms with Crippen molar-refractivity contribution in [1.29, 1.82) is 0 Å². The van der Waals surface area contributed by atoms with E-state index >= 15 is 0 Å². The van der Waals surface area contributed by atoms with Crippen LogP contribution in [0.4, 0.5) is 0 Å². The second kappa shape index (κ2) is 2.57. The molecule has 0 fully saturated rings. The van der Waals surface area contributed by atoms with Gasteiger partial charge in [0.05, 0.1) is 0 Å². The van der Waals surface area contributed by atoms with Crippen molar-refractivity contribution in [2.75, 3.05) is 0 Å². The summed E-state index contributed by atoms with van der Waals surface area (Å²) < 4.78 is 0. The van der Waals surface area contributed by atoms with E-state index in [1.165, 1.54) is 11.3 Å². The molecule has 0 spiro atoms. The number of allylic oxidation sites excluding steroid dienone is 1. The lowest BCUT2D eigenvalue weighted by Crippen LogP contribution is -2.12. The third-order valence-corrected chi connectivity index (χ3v) is 2.07. The Morgan fingerprint density at radius 3 is 2.40 bits per heavy atom. The summed E-state index contributed by atoms with van der Waals surface area (Å²) in [7, 11) is 0. The molecular formula is C9H14N. The van der Waals surface area contributed by atoms with Crippen molar-refractivity contribution in [2.45, 2.75) is 27.7 Å². The van der Waals surface area contributed by atoms with Crippen LogP contribution in [0.5, 0.6) is 0 Å². The van der Waals surface area contributed by atoms with Crippen molar-refractivity contribution in [2.24, 2.45) is 10.9 Å². The van der Waals surface area contributed by atoms with E-state index < -0.39 is 0 Å². The molecule has 0 aliphatic carbocycles. The van der Waals surface area contributed by atoms with E-state index in [9.17, 15) is 0 Å². The number of dihydropyridines is 1. The molecule has 0 amide bonds. The molecular weight excluding hydrogens is 122 g/mol. The minimum absolute atomic E-state index is 0.531. The van der Waals surface area contributed by atoms with Gasteiger partial charge in [-0.15, -0.1) is 0 Å². The van der Waals surface area contributed by atoms with Gasteiger partial charge in [0.25, 0.3) is 0 Å². The predicted molar refractivity (Wildman–Crippen MR) is 44.9 cm³/mol. The lowest BCUT2D eigenvalue weighted by Gasteiger charge is -2.18. The fraction of sp³-hybridized carbons (Fsp3) is 0.556. The Kier molecular flexibility index (Phi) is 1.93. The molecule has 0 N–H and O–H groups in total. The van der Waals surface area contributed by atoms with E-state index in [4.69, 9.17) is 0 Å². The standard InChI is InChI=1S/C9H14N/c1-6-5-7(2)9(4)10-8(6)3/h5-6H,1-4H3. The van der Waals surface area contributed by atoms with Crippen molar-refractivity contribution in [3.05, 3.63) is 17.7 Å². The zero-order valence-corrected chi connectivity index (χ0v) is 7.10. The van der Waals surface area contributed by atoms with Gasteiger partial charge < -0.3 is 0 Å². The molecule has 0 aromatic carbocycles. The van der Waals surface area contributed by atoms with Crippen LogP contribution in [-0.2, 0) is 0 Å². The SMILES string of the molecule is C[C]1N=C(C)C(C)C=C1C. The molecule has 1 unspecified atom stereocenters. The van der Waals surface area contributed by atoms with Gasteiger partial charge in [0.2, 0.25) is 0 Å². The summed E-state index contributed by atoms with van der Waals surface area (Å²) in [4.78, 5) is 4.41. The Morgan fingerprint density at radius 1 is 1.30 bits per heavy atom. The minimum atomic E-state index is 0.531. The smallest absolute Gasteiger partial charge is 0.107 e. The van der Waals surface area contributed by atoms with E-state index in [2.05, 4.69) is 38.8 Å². The largest absolute Gasteiger partial charge is 0.280 e. The van der Waals surface area contributed by atoms with Gasteiger partial charge in [0, 0.05) is 11.6 Å². The molecule has 0 aromatic heterocycles. The van der Waals surface area contributed by atoms with Crippen LogP contribution in [-0.4, -0.2) is 5.71 Å². The third-order valence-electron chi connectivity index (χ3n) is 2.07. The highest BCUT2D eigenvalue weighted by molar-refractivity contribution is 5.87. The first-order chi connectivity index (χ1) is 4.61. The molecule has 0 bridgehead atoms. The van der Waals surface area contributed by atoms with Gasteiger partial charge in [-0.3, -0.25) is 4.99 Å². The molecule has 55 valence electrons. The molecule has 1 aliphatic heterocycles.